The van der Waals surface area contributed by atoms with Crippen LogP contribution in [-0.2, 0) is 10.2 Å². The Bertz CT molecular complexity index is 514. The van der Waals surface area contributed by atoms with E-state index in [1.807, 2.05) is 0 Å². The molecule has 1 aromatic carbocycles. The first-order chi connectivity index (χ1) is 8.65. The number of nitrogens with one attached hydrogen (secondary N) is 1. The third-order valence-electron chi connectivity index (χ3n) is 2.21. The van der Waals surface area contributed by atoms with Gasteiger partial charge in [-0.1, -0.05) is 0 Å². The lowest BCUT2D eigenvalue weighted by molar-refractivity contribution is -0.121. The lowest BCUT2D eigenvalue weighted by atomic mass is 10.3. The molecular weight excluding hydrogens is 283 g/mol. The summed E-state index contributed by atoms with van der Waals surface area (Å²) in [6.45, 7) is -0.0961. The van der Waals surface area contributed by atoms with Crippen LogP contribution in [0.1, 0.15) is 6.92 Å². The van der Waals surface area contributed by atoms with E-state index in [-0.39, 0.29) is 12.2 Å². The van der Waals surface area contributed by atoms with Gasteiger partial charge in [-0.25, -0.2) is 0 Å². The molecule has 0 aromatic heterocycles. The molecule has 0 saturated carbocycles. The summed E-state index contributed by atoms with van der Waals surface area (Å²) in [5.41, 5.74) is 6.13. The van der Waals surface area contributed by atoms with Gasteiger partial charge in [-0.05, 0) is 31.2 Å². The topological polar surface area (TPSA) is 75.4 Å². The maximum atomic E-state index is 12.0. The molecule has 5 nitrogen and oxygen atoms in total. The number of anilines is 2. The lowest BCUT2D eigenvalue weighted by Crippen LogP contribution is -2.44. The Morgan fingerprint density at radius 3 is 2.21 bits per heavy atom. The van der Waals surface area contributed by atoms with E-state index in [1.165, 1.54) is 35.9 Å². The first kappa shape index (κ1) is 15.6. The highest BCUT2D eigenvalue weighted by Crippen LogP contribution is 2.20. The molecule has 0 bridgehead atoms. The summed E-state index contributed by atoms with van der Waals surface area (Å²) in [4.78, 5) is 0. The predicted octanol–water partition coefficient (Wildman–Crippen LogP) is 1.49. The van der Waals surface area contributed by atoms with Crippen molar-refractivity contribution in [1.29, 1.82) is 0 Å². The SMILES string of the molecule is CCN(c1ccc(N)cc1)S(=O)(=O)NCC(F)(F)F. The molecule has 0 amide bonds. The van der Waals surface area contributed by atoms with Gasteiger partial charge in [-0.3, -0.25) is 4.31 Å². The van der Waals surface area contributed by atoms with Crippen LogP contribution >= 0.6 is 0 Å². The molecule has 0 spiro atoms. The Hall–Kier alpha value is -1.48. The van der Waals surface area contributed by atoms with Crippen LogP contribution in [0.15, 0.2) is 24.3 Å². The van der Waals surface area contributed by atoms with Crippen molar-refractivity contribution in [3.05, 3.63) is 24.3 Å². The van der Waals surface area contributed by atoms with Gasteiger partial charge in [0.25, 0.3) is 0 Å². The minimum atomic E-state index is -4.60. The summed E-state index contributed by atoms with van der Waals surface area (Å²) in [5, 5.41) is 0. The zero-order chi connectivity index (χ0) is 14.7. The molecule has 0 aliphatic heterocycles. The highest BCUT2D eigenvalue weighted by atomic mass is 32.2. The molecule has 0 atom stereocenters. The highest BCUT2D eigenvalue weighted by molar-refractivity contribution is 7.90. The summed E-state index contributed by atoms with van der Waals surface area (Å²) in [6.07, 6.45) is -4.60. The molecule has 0 unspecified atom stereocenters. The van der Waals surface area contributed by atoms with Gasteiger partial charge in [0.2, 0.25) is 0 Å². The summed E-state index contributed by atoms with van der Waals surface area (Å²) >= 11 is 0. The fourth-order valence-corrected chi connectivity index (χ4v) is 2.62. The molecule has 3 N–H and O–H groups in total. The number of benzene rings is 1. The van der Waals surface area contributed by atoms with Gasteiger partial charge < -0.3 is 5.73 Å². The van der Waals surface area contributed by atoms with Crippen molar-refractivity contribution in [1.82, 2.24) is 4.72 Å². The van der Waals surface area contributed by atoms with Crippen LogP contribution in [0.5, 0.6) is 0 Å². The van der Waals surface area contributed by atoms with Crippen molar-refractivity contribution < 1.29 is 21.6 Å². The maximum absolute atomic E-state index is 12.0. The maximum Gasteiger partial charge on any atom is 0.402 e. The van der Waals surface area contributed by atoms with Crippen molar-refractivity contribution in [2.45, 2.75) is 13.1 Å². The van der Waals surface area contributed by atoms with Crippen LogP contribution in [0.25, 0.3) is 0 Å². The molecule has 0 fully saturated rings. The minimum absolute atomic E-state index is 0.00287. The first-order valence-corrected chi connectivity index (χ1v) is 6.79. The fraction of sp³-hybridized carbons (Fsp3) is 0.400. The van der Waals surface area contributed by atoms with E-state index in [0.29, 0.717) is 5.69 Å². The third kappa shape index (κ3) is 4.60. The van der Waals surface area contributed by atoms with Crippen LogP contribution in [-0.4, -0.2) is 27.7 Å². The largest absolute Gasteiger partial charge is 0.402 e. The van der Waals surface area contributed by atoms with E-state index in [0.717, 1.165) is 4.31 Å². The molecule has 0 radical (unpaired) electrons. The van der Waals surface area contributed by atoms with Gasteiger partial charge in [0.15, 0.2) is 0 Å². The zero-order valence-electron chi connectivity index (χ0n) is 10.1. The van der Waals surface area contributed by atoms with E-state index in [9.17, 15) is 21.6 Å². The van der Waals surface area contributed by atoms with Crippen molar-refractivity contribution in [3.63, 3.8) is 0 Å². The zero-order valence-corrected chi connectivity index (χ0v) is 10.9. The lowest BCUT2D eigenvalue weighted by Gasteiger charge is -2.23. The van der Waals surface area contributed by atoms with Crippen molar-refractivity contribution >= 4 is 21.6 Å². The van der Waals surface area contributed by atoms with E-state index in [1.54, 1.807) is 0 Å². The summed E-state index contributed by atoms with van der Waals surface area (Å²) in [5.74, 6) is 0. The summed E-state index contributed by atoms with van der Waals surface area (Å²) in [7, 11) is -4.25. The van der Waals surface area contributed by atoms with E-state index < -0.39 is 22.9 Å². The number of alkyl halides is 3. The van der Waals surface area contributed by atoms with Gasteiger partial charge in [-0.2, -0.15) is 26.3 Å². The van der Waals surface area contributed by atoms with Gasteiger partial charge in [-0.15, -0.1) is 0 Å². The van der Waals surface area contributed by atoms with Gasteiger partial charge in [0.1, 0.15) is 6.54 Å². The number of nitrogens with zero attached hydrogens (tertiary/aromatic N) is 1. The monoisotopic (exact) mass is 297 g/mol. The molecule has 1 aromatic rings. The Morgan fingerprint density at radius 2 is 1.79 bits per heavy atom. The fourth-order valence-electron chi connectivity index (χ4n) is 1.38. The quantitative estimate of drug-likeness (QED) is 0.809. The van der Waals surface area contributed by atoms with Crippen molar-refractivity contribution in [3.8, 4) is 0 Å². The Kier molecular flexibility index (Phi) is 4.64. The number of halogens is 3. The average Bonchev–Trinajstić information content (AvgIpc) is 2.29. The molecule has 0 aliphatic carbocycles. The van der Waals surface area contributed by atoms with Crippen LogP contribution in [0.4, 0.5) is 24.5 Å². The molecule has 0 aliphatic rings. The standard InChI is InChI=1S/C10H14F3N3O2S/c1-2-16(9-5-3-8(14)4-6-9)19(17,18)15-7-10(11,12)13/h3-6,15H,2,7,14H2,1H3. The molecular formula is C10H14F3N3O2S. The van der Waals surface area contributed by atoms with Crippen LogP contribution in [0.2, 0.25) is 0 Å². The number of nitrogen functional groups attached to an aromatic ring is 1. The second kappa shape index (κ2) is 5.66. The Labute approximate surface area is 109 Å². The second-order valence-corrected chi connectivity index (χ2v) is 5.38. The average molecular weight is 297 g/mol. The van der Waals surface area contributed by atoms with Gasteiger partial charge in [0.05, 0.1) is 5.69 Å². The van der Waals surface area contributed by atoms with E-state index in [4.69, 9.17) is 5.73 Å². The molecule has 108 valence electrons. The molecule has 1 rings (SSSR count). The van der Waals surface area contributed by atoms with Crippen LogP contribution in [0, 0.1) is 0 Å². The summed E-state index contributed by atoms with van der Waals surface area (Å²) < 4.78 is 62.0. The molecule has 19 heavy (non-hydrogen) atoms. The number of rotatable bonds is 5. The Morgan fingerprint density at radius 1 is 1.26 bits per heavy atom. The van der Waals surface area contributed by atoms with Crippen molar-refractivity contribution in [2.24, 2.45) is 0 Å². The van der Waals surface area contributed by atoms with Gasteiger partial charge >= 0.3 is 16.4 Å². The van der Waals surface area contributed by atoms with Gasteiger partial charge in [0, 0.05) is 12.2 Å². The first-order valence-electron chi connectivity index (χ1n) is 5.35. The third-order valence-corrected chi connectivity index (χ3v) is 3.77. The number of hydrogen-bond acceptors (Lipinski definition) is 3. The second-order valence-electron chi connectivity index (χ2n) is 3.70. The smallest absolute Gasteiger partial charge is 0.399 e. The number of hydrogen-bond donors (Lipinski definition) is 2. The van der Waals surface area contributed by atoms with E-state index >= 15 is 0 Å². The van der Waals surface area contributed by atoms with Crippen LogP contribution < -0.4 is 14.8 Å². The molecule has 0 saturated heterocycles. The normalized spacial score (nSPS) is 12.4. The van der Waals surface area contributed by atoms with Crippen LogP contribution in [0.3, 0.4) is 0 Å². The van der Waals surface area contributed by atoms with E-state index in [2.05, 4.69) is 0 Å². The molecule has 9 heteroatoms. The Balaban J connectivity index is 2.92. The highest BCUT2D eigenvalue weighted by Gasteiger charge is 2.31. The predicted molar refractivity (Wildman–Crippen MR) is 66.9 cm³/mol. The number of nitrogens with two attached hydrogens (primary N) is 1. The van der Waals surface area contributed by atoms with Crippen molar-refractivity contribution in [2.75, 3.05) is 23.1 Å². The minimum Gasteiger partial charge on any atom is -0.399 e. The summed E-state index contributed by atoms with van der Waals surface area (Å²) in [6, 6.07) is 5.78. The molecule has 0 heterocycles.